The van der Waals surface area contributed by atoms with E-state index in [1.54, 1.807) is 0 Å². The highest BCUT2D eigenvalue weighted by Gasteiger charge is 2.47. The minimum atomic E-state index is -3.71. The molecule has 3 aliphatic rings. The molecular weight excluding hydrogens is 516 g/mol. The molecule has 4 N–H and O–H groups in total. The maximum Gasteiger partial charge on any atom is 0.257 e. The van der Waals surface area contributed by atoms with Crippen LogP contribution in [0.5, 0.6) is 0 Å². The smallest absolute Gasteiger partial charge is 0.257 e. The number of hydrogen-bond acceptors (Lipinski definition) is 9. The van der Waals surface area contributed by atoms with Crippen LogP contribution in [-0.4, -0.2) is 91.6 Å². The third-order valence-corrected chi connectivity index (χ3v) is 9.74. The molecule has 1 atom stereocenters. The number of amides is 4. The van der Waals surface area contributed by atoms with Gasteiger partial charge in [0, 0.05) is 51.4 Å². The van der Waals surface area contributed by atoms with Crippen LogP contribution in [0.1, 0.15) is 67.4 Å². The van der Waals surface area contributed by atoms with Gasteiger partial charge in [0.1, 0.15) is 6.04 Å². The number of carbonyl (C=O) groups excluding carboxylic acids is 4. The van der Waals surface area contributed by atoms with Gasteiger partial charge in [-0.15, -0.1) is 0 Å². The van der Waals surface area contributed by atoms with E-state index in [1.807, 2.05) is 0 Å². The first kappa shape index (κ1) is 27.9. The zero-order chi connectivity index (χ0) is 27.5. The molecule has 208 valence electrons. The zero-order valence-electron chi connectivity index (χ0n) is 21.4. The van der Waals surface area contributed by atoms with Gasteiger partial charge in [-0.2, -0.15) is 0 Å². The topological polar surface area (TPSA) is 191 Å². The third kappa shape index (κ3) is 5.65. The van der Waals surface area contributed by atoms with Gasteiger partial charge in [0.15, 0.2) is 0 Å². The first-order valence-electron chi connectivity index (χ1n) is 12.8. The fourth-order valence-electron chi connectivity index (χ4n) is 5.44. The highest BCUT2D eigenvalue weighted by atomic mass is 32.2. The summed E-state index contributed by atoms with van der Waals surface area (Å²) in [4.78, 5) is 59.4. The van der Waals surface area contributed by atoms with Gasteiger partial charge in [0.2, 0.25) is 32.7 Å². The Hall–Kier alpha value is -3.13. The second-order valence-electron chi connectivity index (χ2n) is 10.1. The molecular formula is C24H34N6O7S. The van der Waals surface area contributed by atoms with Gasteiger partial charge >= 0.3 is 0 Å². The van der Waals surface area contributed by atoms with Crippen LogP contribution in [0, 0.1) is 0 Å². The van der Waals surface area contributed by atoms with E-state index < -0.39 is 50.2 Å². The second kappa shape index (κ2) is 11.3. The number of nitrogens with one attached hydrogen (secondary N) is 2. The van der Waals surface area contributed by atoms with Gasteiger partial charge < -0.3 is 26.0 Å². The fraction of sp³-hybridized carbons (Fsp3) is 0.667. The SMILES string of the molecule is CNC(=O)CC(NC(=O)CCN1CC2(CCOCC2)c2nc(S(=O)(=O)C3CCCC3)ncc2C1=O)C(N)=O. The molecule has 1 spiro atoms. The third-order valence-electron chi connectivity index (χ3n) is 7.68. The van der Waals surface area contributed by atoms with Crippen molar-refractivity contribution in [2.75, 3.05) is 33.4 Å². The summed E-state index contributed by atoms with van der Waals surface area (Å²) in [5.41, 5.74) is 5.33. The van der Waals surface area contributed by atoms with Crippen molar-refractivity contribution in [2.45, 2.75) is 73.2 Å². The van der Waals surface area contributed by atoms with E-state index >= 15 is 0 Å². The number of primary amides is 1. The summed E-state index contributed by atoms with van der Waals surface area (Å²) >= 11 is 0. The quantitative estimate of drug-likeness (QED) is 0.330. The number of hydrogen-bond donors (Lipinski definition) is 3. The number of nitrogens with zero attached hydrogens (tertiary/aromatic N) is 3. The normalized spacial score (nSPS) is 20.1. The molecule has 13 nitrogen and oxygen atoms in total. The predicted molar refractivity (Wildman–Crippen MR) is 134 cm³/mol. The second-order valence-corrected chi connectivity index (χ2v) is 12.3. The predicted octanol–water partition coefficient (Wildman–Crippen LogP) is -0.807. The number of ether oxygens (including phenoxy) is 1. The van der Waals surface area contributed by atoms with Crippen LogP contribution < -0.4 is 16.4 Å². The van der Waals surface area contributed by atoms with Gasteiger partial charge in [-0.25, -0.2) is 18.4 Å². The molecule has 4 rings (SSSR count). The van der Waals surface area contributed by atoms with Crippen LogP contribution in [0.4, 0.5) is 0 Å². The molecule has 1 aromatic rings. The Balaban J connectivity index is 1.54. The molecule has 1 aliphatic carbocycles. The largest absolute Gasteiger partial charge is 0.381 e. The number of aromatic nitrogens is 2. The lowest BCUT2D eigenvalue weighted by molar-refractivity contribution is -0.130. The maximum absolute atomic E-state index is 13.4. The fourth-order valence-corrected chi connectivity index (χ4v) is 7.11. The van der Waals surface area contributed by atoms with E-state index in [0.29, 0.717) is 44.6 Å². The summed E-state index contributed by atoms with van der Waals surface area (Å²) in [5, 5.41) is 4.09. The summed E-state index contributed by atoms with van der Waals surface area (Å²) in [5.74, 6) is -2.22. The van der Waals surface area contributed by atoms with Crippen molar-refractivity contribution in [1.82, 2.24) is 25.5 Å². The zero-order valence-corrected chi connectivity index (χ0v) is 22.2. The summed E-state index contributed by atoms with van der Waals surface area (Å²) in [6.07, 6.45) is 4.80. The van der Waals surface area contributed by atoms with Crippen LogP contribution in [0.25, 0.3) is 0 Å². The molecule has 1 saturated heterocycles. The molecule has 1 unspecified atom stereocenters. The number of carbonyl (C=O) groups is 4. The van der Waals surface area contributed by atoms with E-state index in [9.17, 15) is 27.6 Å². The first-order valence-corrected chi connectivity index (χ1v) is 14.4. The van der Waals surface area contributed by atoms with Crippen molar-refractivity contribution in [1.29, 1.82) is 0 Å². The maximum atomic E-state index is 13.4. The molecule has 1 aromatic heterocycles. The lowest BCUT2D eigenvalue weighted by Gasteiger charge is -2.44. The minimum absolute atomic E-state index is 0.0420. The lowest BCUT2D eigenvalue weighted by atomic mass is 9.73. The van der Waals surface area contributed by atoms with Gasteiger partial charge in [-0.05, 0) is 25.7 Å². The molecule has 4 amide bonds. The first-order chi connectivity index (χ1) is 18.1. The van der Waals surface area contributed by atoms with Crippen molar-refractivity contribution >= 4 is 33.5 Å². The molecule has 14 heteroatoms. The van der Waals surface area contributed by atoms with Crippen molar-refractivity contribution in [3.63, 3.8) is 0 Å². The van der Waals surface area contributed by atoms with Gasteiger partial charge in [0.25, 0.3) is 5.91 Å². The Bertz CT molecular complexity index is 1210. The molecule has 3 heterocycles. The number of rotatable bonds is 9. The molecule has 38 heavy (non-hydrogen) atoms. The Kier molecular flexibility index (Phi) is 8.31. The Morgan fingerprint density at radius 1 is 1.21 bits per heavy atom. The summed E-state index contributed by atoms with van der Waals surface area (Å²) in [6.45, 7) is 1.14. The minimum Gasteiger partial charge on any atom is -0.381 e. The van der Waals surface area contributed by atoms with E-state index in [2.05, 4.69) is 20.6 Å². The highest BCUT2D eigenvalue weighted by molar-refractivity contribution is 7.91. The summed E-state index contributed by atoms with van der Waals surface area (Å²) < 4.78 is 31.9. The molecule has 2 aliphatic heterocycles. The van der Waals surface area contributed by atoms with Crippen molar-refractivity contribution in [3.05, 3.63) is 17.5 Å². The van der Waals surface area contributed by atoms with Crippen LogP contribution in [-0.2, 0) is 34.4 Å². The standard InChI is InChI=1S/C24H34N6O7S/c1-26-19(32)12-17(21(25)33)28-18(31)6-9-30-14-24(7-10-37-11-8-24)20-16(22(30)34)13-27-23(29-20)38(35,36)15-4-2-3-5-15/h13,15,17H,2-12,14H2,1H3,(H2,25,33)(H,26,32)(H,28,31). The van der Waals surface area contributed by atoms with E-state index in [0.717, 1.165) is 12.8 Å². The Morgan fingerprint density at radius 2 is 1.89 bits per heavy atom. The summed E-state index contributed by atoms with van der Waals surface area (Å²) in [7, 11) is -2.30. The lowest BCUT2D eigenvalue weighted by Crippen LogP contribution is -2.53. The molecule has 0 bridgehead atoms. The Morgan fingerprint density at radius 3 is 2.53 bits per heavy atom. The Labute approximate surface area is 221 Å². The number of nitrogens with two attached hydrogens (primary N) is 1. The van der Waals surface area contributed by atoms with Crippen LogP contribution >= 0.6 is 0 Å². The van der Waals surface area contributed by atoms with Crippen LogP contribution in [0.15, 0.2) is 11.4 Å². The van der Waals surface area contributed by atoms with Crippen molar-refractivity contribution < 1.29 is 32.3 Å². The number of sulfone groups is 1. The van der Waals surface area contributed by atoms with Gasteiger partial charge in [0.05, 0.1) is 22.9 Å². The van der Waals surface area contributed by atoms with Crippen molar-refractivity contribution in [2.24, 2.45) is 5.73 Å². The average molecular weight is 551 g/mol. The average Bonchev–Trinajstić information content (AvgIpc) is 3.46. The van der Waals surface area contributed by atoms with Crippen LogP contribution in [0.2, 0.25) is 0 Å². The molecule has 0 aromatic carbocycles. The molecule has 0 radical (unpaired) electrons. The highest BCUT2D eigenvalue weighted by Crippen LogP contribution is 2.41. The van der Waals surface area contributed by atoms with Gasteiger partial charge in [-0.1, -0.05) is 12.8 Å². The van der Waals surface area contributed by atoms with E-state index in [1.165, 1.54) is 18.1 Å². The number of fused-ring (bicyclic) bond motifs is 2. The monoisotopic (exact) mass is 550 g/mol. The molecule has 1 saturated carbocycles. The van der Waals surface area contributed by atoms with Crippen LogP contribution in [0.3, 0.4) is 0 Å². The van der Waals surface area contributed by atoms with E-state index in [-0.39, 0.29) is 36.7 Å². The molecule has 2 fully saturated rings. The summed E-state index contributed by atoms with van der Waals surface area (Å²) in [6, 6.07) is -1.17. The van der Waals surface area contributed by atoms with E-state index in [4.69, 9.17) is 10.5 Å². The van der Waals surface area contributed by atoms with Crippen molar-refractivity contribution in [3.8, 4) is 0 Å². The van der Waals surface area contributed by atoms with Gasteiger partial charge in [-0.3, -0.25) is 19.2 Å².